The van der Waals surface area contributed by atoms with E-state index < -0.39 is 34.6 Å². The van der Waals surface area contributed by atoms with E-state index in [4.69, 9.17) is 9.26 Å². The van der Waals surface area contributed by atoms with E-state index in [-0.39, 0.29) is 30.2 Å². The number of allylic oxidation sites excluding steroid dienone is 2. The SMILES string of the molecule is CCCCOc1noc2c1C(=O)[C@@]1(C(F)(F)F)C(=O)C=CC[C@@]1(C)[C@@H]2N(C)C. The van der Waals surface area contributed by atoms with Crippen molar-refractivity contribution in [2.24, 2.45) is 10.8 Å². The van der Waals surface area contributed by atoms with E-state index in [1.165, 1.54) is 17.9 Å². The van der Waals surface area contributed by atoms with Gasteiger partial charge in [-0.3, -0.25) is 14.5 Å². The van der Waals surface area contributed by atoms with Crippen molar-refractivity contribution in [3.8, 4) is 5.88 Å². The first kappa shape index (κ1) is 20.6. The van der Waals surface area contributed by atoms with Crippen molar-refractivity contribution in [1.82, 2.24) is 10.1 Å². The third-order valence-electron chi connectivity index (χ3n) is 5.82. The summed E-state index contributed by atoms with van der Waals surface area (Å²) in [5.41, 5.74) is -5.39. The van der Waals surface area contributed by atoms with Crippen LogP contribution in [0.2, 0.25) is 0 Å². The highest BCUT2D eigenvalue weighted by atomic mass is 19.4. The predicted molar refractivity (Wildman–Crippen MR) is 93.0 cm³/mol. The Morgan fingerprint density at radius 3 is 2.61 bits per heavy atom. The lowest BCUT2D eigenvalue weighted by Crippen LogP contribution is -2.66. The molecule has 6 nitrogen and oxygen atoms in total. The van der Waals surface area contributed by atoms with Gasteiger partial charge in [-0.25, -0.2) is 0 Å². The number of rotatable bonds is 5. The molecule has 1 aromatic heterocycles. The summed E-state index contributed by atoms with van der Waals surface area (Å²) in [6.45, 7) is 3.42. The molecule has 0 N–H and O–H groups in total. The number of fused-ring (bicyclic) bond motifs is 2. The molecule has 0 bridgehead atoms. The van der Waals surface area contributed by atoms with Crippen molar-refractivity contribution in [2.45, 2.75) is 45.3 Å². The molecule has 0 aromatic carbocycles. The topological polar surface area (TPSA) is 72.6 Å². The summed E-state index contributed by atoms with van der Waals surface area (Å²) in [6.07, 6.45) is -1.53. The number of ketones is 2. The molecule has 2 aliphatic carbocycles. The molecule has 3 atom stereocenters. The monoisotopic (exact) mass is 400 g/mol. The van der Waals surface area contributed by atoms with Crippen LogP contribution < -0.4 is 4.74 Å². The molecule has 0 unspecified atom stereocenters. The highest BCUT2D eigenvalue weighted by molar-refractivity contribution is 6.21. The first-order valence-electron chi connectivity index (χ1n) is 9.15. The molecule has 1 heterocycles. The average molecular weight is 400 g/mol. The minimum atomic E-state index is -5.09. The van der Waals surface area contributed by atoms with Gasteiger partial charge < -0.3 is 9.26 Å². The second-order valence-electron chi connectivity index (χ2n) is 7.76. The van der Waals surface area contributed by atoms with Crippen molar-refractivity contribution in [1.29, 1.82) is 0 Å². The number of carbonyl (C=O) groups excluding carboxylic acids is 2. The molecule has 2 aliphatic rings. The van der Waals surface area contributed by atoms with E-state index in [9.17, 15) is 22.8 Å². The molecule has 0 fully saturated rings. The Bertz CT molecular complexity index is 830. The summed E-state index contributed by atoms with van der Waals surface area (Å²) in [5, 5.41) is 3.74. The van der Waals surface area contributed by atoms with Crippen LogP contribution in [-0.4, -0.2) is 48.5 Å². The molecule has 0 spiro atoms. The molecule has 9 heteroatoms. The zero-order chi connectivity index (χ0) is 20.9. The molecule has 0 saturated carbocycles. The van der Waals surface area contributed by atoms with E-state index in [1.54, 1.807) is 14.1 Å². The van der Waals surface area contributed by atoms with Gasteiger partial charge in [0.25, 0.3) is 5.88 Å². The predicted octanol–water partition coefficient (Wildman–Crippen LogP) is 3.74. The highest BCUT2D eigenvalue weighted by Gasteiger charge is 2.78. The molecule has 0 aliphatic heterocycles. The lowest BCUT2D eigenvalue weighted by molar-refractivity contribution is -0.243. The van der Waals surface area contributed by atoms with Gasteiger partial charge in [0, 0.05) is 5.41 Å². The molecule has 0 saturated heterocycles. The van der Waals surface area contributed by atoms with E-state index in [1.807, 2.05) is 6.92 Å². The van der Waals surface area contributed by atoms with E-state index in [0.29, 0.717) is 6.42 Å². The summed E-state index contributed by atoms with van der Waals surface area (Å²) >= 11 is 0. The zero-order valence-electron chi connectivity index (χ0n) is 16.2. The van der Waals surface area contributed by atoms with Crippen molar-refractivity contribution in [3.05, 3.63) is 23.5 Å². The van der Waals surface area contributed by atoms with Crippen LogP contribution in [0, 0.1) is 10.8 Å². The number of alkyl halides is 3. The summed E-state index contributed by atoms with van der Waals surface area (Å²) in [5.74, 6) is -2.89. The third-order valence-corrected chi connectivity index (χ3v) is 5.82. The number of aromatic nitrogens is 1. The normalized spacial score (nSPS) is 29.8. The minimum Gasteiger partial charge on any atom is -0.475 e. The van der Waals surface area contributed by atoms with E-state index in [2.05, 4.69) is 5.16 Å². The smallest absolute Gasteiger partial charge is 0.409 e. The number of hydrogen-bond donors (Lipinski definition) is 0. The fourth-order valence-electron chi connectivity index (χ4n) is 4.63. The van der Waals surface area contributed by atoms with Gasteiger partial charge in [0.1, 0.15) is 5.56 Å². The van der Waals surface area contributed by atoms with Gasteiger partial charge >= 0.3 is 6.18 Å². The van der Waals surface area contributed by atoms with Gasteiger partial charge in [-0.15, -0.1) is 0 Å². The van der Waals surface area contributed by atoms with Crippen molar-refractivity contribution >= 4 is 11.6 Å². The Hall–Kier alpha value is -2.16. The molecule has 28 heavy (non-hydrogen) atoms. The fraction of sp³-hybridized carbons (Fsp3) is 0.632. The maximum atomic E-state index is 14.5. The van der Waals surface area contributed by atoms with Crippen molar-refractivity contribution in [2.75, 3.05) is 20.7 Å². The van der Waals surface area contributed by atoms with Gasteiger partial charge in [-0.05, 0) is 38.2 Å². The number of unbranched alkanes of at least 4 members (excludes halogenated alkanes) is 1. The number of halogens is 3. The number of ether oxygens (including phenoxy) is 1. The first-order valence-corrected chi connectivity index (χ1v) is 9.15. The van der Waals surface area contributed by atoms with Gasteiger partial charge in [0.2, 0.25) is 0 Å². The van der Waals surface area contributed by atoms with Gasteiger partial charge in [-0.1, -0.05) is 26.3 Å². The number of nitrogens with zero attached hydrogens (tertiary/aromatic N) is 2. The second kappa shape index (κ2) is 6.72. The molecular weight excluding hydrogens is 377 g/mol. The summed E-state index contributed by atoms with van der Waals surface area (Å²) in [7, 11) is 3.17. The number of hydrogen-bond acceptors (Lipinski definition) is 6. The minimum absolute atomic E-state index is 0.00646. The van der Waals surface area contributed by atoms with Crippen molar-refractivity contribution in [3.63, 3.8) is 0 Å². The van der Waals surface area contributed by atoms with Crippen LogP contribution in [0.5, 0.6) is 5.88 Å². The fourth-order valence-corrected chi connectivity index (χ4v) is 4.63. The van der Waals surface area contributed by atoms with Crippen LogP contribution in [0.4, 0.5) is 13.2 Å². The van der Waals surface area contributed by atoms with Crippen LogP contribution in [0.3, 0.4) is 0 Å². The lowest BCUT2D eigenvalue weighted by Gasteiger charge is -2.54. The molecule has 0 radical (unpaired) electrons. The molecule has 1 aromatic rings. The Labute approximate surface area is 160 Å². The first-order chi connectivity index (χ1) is 13.0. The summed E-state index contributed by atoms with van der Waals surface area (Å²) in [6, 6.07) is -0.994. The Morgan fingerprint density at radius 2 is 2.04 bits per heavy atom. The maximum absolute atomic E-state index is 14.5. The quantitative estimate of drug-likeness (QED) is 0.554. The molecule has 3 rings (SSSR count). The second-order valence-corrected chi connectivity index (χ2v) is 7.76. The van der Waals surface area contributed by atoms with Crippen molar-refractivity contribution < 1.29 is 32.0 Å². The average Bonchev–Trinajstić information content (AvgIpc) is 2.96. The van der Waals surface area contributed by atoms with Crippen LogP contribution in [0.1, 0.15) is 55.3 Å². The van der Waals surface area contributed by atoms with Gasteiger partial charge in [-0.2, -0.15) is 13.2 Å². The number of Topliss-reactive ketones (excluding diaryl/α,β-unsaturated/α-hetero) is 1. The van der Waals surface area contributed by atoms with Crippen LogP contribution in [-0.2, 0) is 4.79 Å². The van der Waals surface area contributed by atoms with Gasteiger partial charge in [0.15, 0.2) is 22.7 Å². The number of carbonyl (C=O) groups is 2. The maximum Gasteiger partial charge on any atom is 0.409 e. The largest absolute Gasteiger partial charge is 0.475 e. The Morgan fingerprint density at radius 1 is 1.36 bits per heavy atom. The Kier molecular flexibility index (Phi) is 4.94. The highest BCUT2D eigenvalue weighted by Crippen LogP contribution is 2.66. The van der Waals surface area contributed by atoms with E-state index in [0.717, 1.165) is 12.5 Å². The lowest BCUT2D eigenvalue weighted by atomic mass is 9.48. The molecular formula is C19H23F3N2O4. The zero-order valence-corrected chi connectivity index (χ0v) is 16.2. The van der Waals surface area contributed by atoms with Crippen LogP contribution in [0.15, 0.2) is 16.7 Å². The Balaban J connectivity index is 2.30. The molecule has 0 amide bonds. The summed E-state index contributed by atoms with van der Waals surface area (Å²) in [4.78, 5) is 27.6. The van der Waals surface area contributed by atoms with Crippen LogP contribution >= 0.6 is 0 Å². The van der Waals surface area contributed by atoms with Gasteiger partial charge in [0.05, 0.1) is 12.6 Å². The van der Waals surface area contributed by atoms with E-state index >= 15 is 0 Å². The van der Waals surface area contributed by atoms with Crippen LogP contribution in [0.25, 0.3) is 0 Å². The standard InChI is InChI=1S/C19H23F3N2O4/c1-5-6-10-27-16-12-13(28-23-16)14(24(3)4)17(2)9-7-8-11(25)18(17,15(12)26)19(20,21)22/h7-8,14H,5-6,9-10H2,1-4H3/t14-,17+,18+/m1/s1. The summed E-state index contributed by atoms with van der Waals surface area (Å²) < 4.78 is 54.3. The molecule has 154 valence electrons. The third kappa shape index (κ3) is 2.48.